The fourth-order valence-electron chi connectivity index (χ4n) is 2.05. The molecule has 0 heterocycles. The second-order valence-electron chi connectivity index (χ2n) is 5.00. The molecule has 0 fully saturated rings. The van der Waals surface area contributed by atoms with Gasteiger partial charge in [-0.15, -0.1) is 0 Å². The lowest BCUT2D eigenvalue weighted by atomic mass is 10.0. The Kier molecular flexibility index (Phi) is 5.41. The van der Waals surface area contributed by atoms with Gasteiger partial charge in [0.2, 0.25) is 0 Å². The van der Waals surface area contributed by atoms with E-state index in [1.807, 2.05) is 0 Å². The van der Waals surface area contributed by atoms with Gasteiger partial charge in [-0.25, -0.2) is 9.18 Å². The number of carbonyl (C=O) groups is 2. The normalized spacial score (nSPS) is 11.2. The van der Waals surface area contributed by atoms with E-state index in [2.05, 4.69) is 0 Å². The lowest BCUT2D eigenvalue weighted by Gasteiger charge is -2.04. The standard InChI is InChI=1S/C19H17FO3/c1-3-23-19(22)13(2)12-18(21)16-6-4-14(5-7-16)15-8-10-17(20)11-9-15/h4-12H,3H2,1-2H3/b13-12+. The Morgan fingerprint density at radius 2 is 1.52 bits per heavy atom. The molecule has 0 unspecified atom stereocenters. The number of hydrogen-bond acceptors (Lipinski definition) is 3. The highest BCUT2D eigenvalue weighted by Gasteiger charge is 2.09. The topological polar surface area (TPSA) is 43.4 Å². The van der Waals surface area contributed by atoms with Crippen LogP contribution in [0.3, 0.4) is 0 Å². The van der Waals surface area contributed by atoms with Crippen LogP contribution < -0.4 is 0 Å². The molecule has 23 heavy (non-hydrogen) atoms. The van der Waals surface area contributed by atoms with Gasteiger partial charge in [0.25, 0.3) is 0 Å². The van der Waals surface area contributed by atoms with Crippen molar-refractivity contribution in [2.45, 2.75) is 13.8 Å². The fourth-order valence-corrected chi connectivity index (χ4v) is 2.05. The van der Waals surface area contributed by atoms with E-state index < -0.39 is 5.97 Å². The number of halogens is 1. The van der Waals surface area contributed by atoms with Crippen molar-refractivity contribution < 1.29 is 18.7 Å². The zero-order valence-electron chi connectivity index (χ0n) is 13.0. The molecule has 2 aromatic rings. The van der Waals surface area contributed by atoms with Crippen LogP contribution in [0.4, 0.5) is 4.39 Å². The molecule has 118 valence electrons. The first-order valence-electron chi connectivity index (χ1n) is 7.27. The summed E-state index contributed by atoms with van der Waals surface area (Å²) >= 11 is 0. The highest BCUT2D eigenvalue weighted by Crippen LogP contribution is 2.20. The lowest BCUT2D eigenvalue weighted by Crippen LogP contribution is -2.07. The lowest BCUT2D eigenvalue weighted by molar-refractivity contribution is -0.138. The minimum absolute atomic E-state index is 0.263. The van der Waals surface area contributed by atoms with Gasteiger partial charge in [-0.3, -0.25) is 4.79 Å². The predicted molar refractivity (Wildman–Crippen MR) is 86.6 cm³/mol. The maximum absolute atomic E-state index is 12.9. The quantitative estimate of drug-likeness (QED) is 0.472. The van der Waals surface area contributed by atoms with E-state index in [0.29, 0.717) is 5.56 Å². The molecular weight excluding hydrogens is 295 g/mol. The van der Waals surface area contributed by atoms with Crippen LogP contribution in [0.1, 0.15) is 24.2 Å². The molecule has 2 rings (SSSR count). The Labute approximate surface area is 134 Å². The Bertz CT molecular complexity index is 728. The van der Waals surface area contributed by atoms with Gasteiger partial charge in [-0.05, 0) is 43.2 Å². The molecule has 0 aliphatic heterocycles. The third kappa shape index (κ3) is 4.36. The van der Waals surface area contributed by atoms with Gasteiger partial charge in [-0.1, -0.05) is 36.4 Å². The minimum Gasteiger partial charge on any atom is -0.463 e. The van der Waals surface area contributed by atoms with E-state index in [9.17, 15) is 14.0 Å². The van der Waals surface area contributed by atoms with Gasteiger partial charge in [0.05, 0.1) is 6.61 Å². The molecule has 0 aromatic heterocycles. The van der Waals surface area contributed by atoms with Crippen molar-refractivity contribution in [3.63, 3.8) is 0 Å². The third-order valence-corrected chi connectivity index (χ3v) is 3.29. The number of allylic oxidation sites excluding steroid dienone is 1. The molecule has 3 nitrogen and oxygen atoms in total. The van der Waals surface area contributed by atoms with Crippen molar-refractivity contribution in [2.24, 2.45) is 0 Å². The van der Waals surface area contributed by atoms with Gasteiger partial charge in [0.1, 0.15) is 5.82 Å². The minimum atomic E-state index is -0.496. The summed E-state index contributed by atoms with van der Waals surface area (Å²) in [6.45, 7) is 3.52. The number of benzene rings is 2. The average molecular weight is 312 g/mol. The summed E-state index contributed by atoms with van der Waals surface area (Å²) < 4.78 is 17.8. The molecule has 4 heteroatoms. The molecule has 0 aliphatic carbocycles. The Morgan fingerprint density at radius 3 is 2.04 bits per heavy atom. The van der Waals surface area contributed by atoms with Crippen molar-refractivity contribution in [2.75, 3.05) is 6.61 Å². The second kappa shape index (κ2) is 7.49. The molecule has 0 radical (unpaired) electrons. The summed E-state index contributed by atoms with van der Waals surface area (Å²) in [6.07, 6.45) is 1.27. The largest absolute Gasteiger partial charge is 0.463 e. The number of ether oxygens (including phenoxy) is 1. The predicted octanol–water partition coefficient (Wildman–Crippen LogP) is 4.18. The van der Waals surface area contributed by atoms with Gasteiger partial charge < -0.3 is 4.74 Å². The van der Waals surface area contributed by atoms with E-state index in [0.717, 1.165) is 11.1 Å². The van der Waals surface area contributed by atoms with Crippen LogP contribution in [0.15, 0.2) is 60.2 Å². The summed E-state index contributed by atoms with van der Waals surface area (Å²) in [7, 11) is 0. The van der Waals surface area contributed by atoms with Crippen LogP contribution >= 0.6 is 0 Å². The monoisotopic (exact) mass is 312 g/mol. The maximum Gasteiger partial charge on any atom is 0.333 e. The first-order chi connectivity index (χ1) is 11.0. The Morgan fingerprint density at radius 1 is 1.00 bits per heavy atom. The summed E-state index contributed by atoms with van der Waals surface area (Å²) in [4.78, 5) is 23.6. The maximum atomic E-state index is 12.9. The smallest absolute Gasteiger partial charge is 0.333 e. The highest BCUT2D eigenvalue weighted by molar-refractivity contribution is 6.08. The molecule has 0 saturated carbocycles. The number of esters is 1. The summed E-state index contributed by atoms with van der Waals surface area (Å²) in [5.41, 5.74) is 2.48. The zero-order valence-corrected chi connectivity index (χ0v) is 13.0. The molecule has 0 spiro atoms. The Hall–Kier alpha value is -2.75. The summed E-state index contributed by atoms with van der Waals surface area (Å²) in [5.74, 6) is -1.05. The van der Waals surface area contributed by atoms with Crippen LogP contribution in [0.5, 0.6) is 0 Å². The molecule has 0 N–H and O–H groups in total. The van der Waals surface area contributed by atoms with Gasteiger partial charge in [-0.2, -0.15) is 0 Å². The summed E-state index contributed by atoms with van der Waals surface area (Å²) in [5, 5.41) is 0. The van der Waals surface area contributed by atoms with Crippen LogP contribution in [-0.4, -0.2) is 18.4 Å². The van der Waals surface area contributed by atoms with Crippen molar-refractivity contribution in [3.8, 4) is 11.1 Å². The molecule has 0 amide bonds. The number of rotatable bonds is 5. The SMILES string of the molecule is CCOC(=O)/C(C)=C/C(=O)c1ccc(-c2ccc(F)cc2)cc1. The van der Waals surface area contributed by atoms with Gasteiger partial charge in [0, 0.05) is 11.1 Å². The van der Waals surface area contributed by atoms with E-state index in [1.165, 1.54) is 18.2 Å². The molecule has 2 aromatic carbocycles. The van der Waals surface area contributed by atoms with Crippen LogP contribution in [0.25, 0.3) is 11.1 Å². The van der Waals surface area contributed by atoms with E-state index >= 15 is 0 Å². The number of ketones is 1. The van der Waals surface area contributed by atoms with Crippen molar-refractivity contribution in [1.29, 1.82) is 0 Å². The van der Waals surface area contributed by atoms with Crippen molar-refractivity contribution >= 4 is 11.8 Å². The fraction of sp³-hybridized carbons (Fsp3) is 0.158. The highest BCUT2D eigenvalue weighted by atomic mass is 19.1. The first kappa shape index (κ1) is 16.6. The van der Waals surface area contributed by atoms with Crippen molar-refractivity contribution in [1.82, 2.24) is 0 Å². The number of carbonyl (C=O) groups excluding carboxylic acids is 2. The molecule has 0 saturated heterocycles. The van der Waals surface area contributed by atoms with E-state index in [4.69, 9.17) is 4.74 Å². The van der Waals surface area contributed by atoms with Crippen LogP contribution in [0.2, 0.25) is 0 Å². The average Bonchev–Trinajstić information content (AvgIpc) is 2.56. The van der Waals surface area contributed by atoms with Gasteiger partial charge >= 0.3 is 5.97 Å². The van der Waals surface area contributed by atoms with Gasteiger partial charge in [0.15, 0.2) is 5.78 Å². The zero-order chi connectivity index (χ0) is 16.8. The van der Waals surface area contributed by atoms with E-state index in [-0.39, 0.29) is 23.8 Å². The molecule has 0 bridgehead atoms. The third-order valence-electron chi connectivity index (χ3n) is 3.29. The number of hydrogen-bond donors (Lipinski definition) is 0. The van der Waals surface area contributed by atoms with Crippen LogP contribution in [0, 0.1) is 5.82 Å². The van der Waals surface area contributed by atoms with Crippen molar-refractivity contribution in [3.05, 3.63) is 71.6 Å². The molecule has 0 atom stereocenters. The second-order valence-corrected chi connectivity index (χ2v) is 5.00. The van der Waals surface area contributed by atoms with Crippen LogP contribution in [-0.2, 0) is 9.53 Å². The first-order valence-corrected chi connectivity index (χ1v) is 7.27. The molecule has 0 aliphatic rings. The summed E-state index contributed by atoms with van der Waals surface area (Å²) in [6, 6.07) is 13.1. The Balaban J connectivity index is 2.16. The molecular formula is C19H17FO3. The van der Waals surface area contributed by atoms with E-state index in [1.54, 1.807) is 50.2 Å².